The van der Waals surface area contributed by atoms with Gasteiger partial charge in [-0.05, 0) is 85.6 Å². The molecule has 6 heterocycles. The fraction of sp³-hybridized carbons (Fsp3) is 0.278. The van der Waals surface area contributed by atoms with Gasteiger partial charge < -0.3 is 9.47 Å². The molecule has 0 atom stereocenters. The molecule has 6 aromatic heterocycles. The Bertz CT molecular complexity index is 1760. The van der Waals surface area contributed by atoms with E-state index in [-0.39, 0.29) is 11.9 Å². The van der Waals surface area contributed by atoms with Gasteiger partial charge in [0, 0.05) is 58.5 Å². The Morgan fingerprint density at radius 2 is 0.696 bits per heavy atom. The number of carbonyl (C=O) groups excluding carboxylic acids is 2. The first kappa shape index (κ1) is 33.1. The van der Waals surface area contributed by atoms with Gasteiger partial charge in [-0.15, -0.1) is 68.0 Å². The van der Waals surface area contributed by atoms with E-state index in [0.717, 1.165) is 35.4 Å². The van der Waals surface area contributed by atoms with Gasteiger partial charge >= 0.3 is 11.9 Å². The highest BCUT2D eigenvalue weighted by Crippen LogP contribution is 2.46. The van der Waals surface area contributed by atoms with Gasteiger partial charge in [0.15, 0.2) is 0 Å². The van der Waals surface area contributed by atoms with Crippen molar-refractivity contribution in [2.45, 2.75) is 52.4 Å². The van der Waals surface area contributed by atoms with E-state index < -0.39 is 0 Å². The van der Waals surface area contributed by atoms with Crippen molar-refractivity contribution in [1.29, 1.82) is 0 Å². The number of carbonyl (C=O) groups is 2. The average molecular weight is 723 g/mol. The first-order valence-electron chi connectivity index (χ1n) is 15.4. The van der Waals surface area contributed by atoms with E-state index in [1.807, 2.05) is 34.8 Å². The lowest BCUT2D eigenvalue weighted by Gasteiger charge is -2.01. The molecule has 0 aliphatic carbocycles. The Balaban J connectivity index is 1.07. The average Bonchev–Trinajstić information content (AvgIpc) is 3.87. The van der Waals surface area contributed by atoms with E-state index in [9.17, 15) is 9.59 Å². The highest BCUT2D eigenvalue weighted by molar-refractivity contribution is 7.30. The monoisotopic (exact) mass is 722 g/mol. The quantitative estimate of drug-likeness (QED) is 0.0782. The zero-order valence-electron chi connectivity index (χ0n) is 25.7. The molecule has 238 valence electrons. The minimum Gasteiger partial charge on any atom is -0.465 e. The Labute approximate surface area is 293 Å². The SMILES string of the molecule is CCCCOC(=O)Cc1ccc(-c2ccc(-c3ccc(-c4ccc(-c5ccc(-c6ccc(CC(=O)OCCCC)s6)s5)s4)s3)s2)s1. The molecule has 0 saturated heterocycles. The Kier molecular flexibility index (Phi) is 11.4. The fourth-order valence-electron chi connectivity index (χ4n) is 4.67. The standard InChI is InChI=1S/C36H34O4S6/c1-3-5-19-39-35(37)21-23-7-9-25(41-23)27-11-13-29(43-27)31-15-17-33(45-31)34-18-16-32(46-34)30-14-12-28(44-30)26-10-8-24(42-26)22-36(38)40-20-6-4-2/h7-18H,3-6,19-22H2,1-2H3. The molecule has 46 heavy (non-hydrogen) atoms. The van der Waals surface area contributed by atoms with Crippen LogP contribution in [0, 0.1) is 0 Å². The predicted octanol–water partition coefficient (Wildman–Crippen LogP) is 12.2. The van der Waals surface area contributed by atoms with Crippen molar-refractivity contribution in [3.05, 3.63) is 82.6 Å². The summed E-state index contributed by atoms with van der Waals surface area (Å²) < 4.78 is 10.7. The van der Waals surface area contributed by atoms with E-state index in [1.54, 1.807) is 45.3 Å². The molecule has 6 rings (SSSR count). The topological polar surface area (TPSA) is 52.6 Å². The summed E-state index contributed by atoms with van der Waals surface area (Å²) in [5.74, 6) is -0.295. The number of unbranched alkanes of at least 4 members (excludes halogenated alkanes) is 2. The number of rotatable bonds is 15. The summed E-state index contributed by atoms with van der Waals surface area (Å²) in [6, 6.07) is 26.0. The maximum Gasteiger partial charge on any atom is 0.311 e. The van der Waals surface area contributed by atoms with Crippen molar-refractivity contribution < 1.29 is 19.1 Å². The maximum atomic E-state index is 12.1. The van der Waals surface area contributed by atoms with Crippen LogP contribution in [0.2, 0.25) is 0 Å². The molecule has 0 aliphatic heterocycles. The summed E-state index contributed by atoms with van der Waals surface area (Å²) >= 11 is 10.6. The smallest absolute Gasteiger partial charge is 0.311 e. The summed E-state index contributed by atoms with van der Waals surface area (Å²) in [6.07, 6.45) is 4.53. The fourth-order valence-corrected chi connectivity index (χ4v) is 11.1. The molecule has 10 heteroatoms. The van der Waals surface area contributed by atoms with Crippen LogP contribution in [0.1, 0.15) is 49.3 Å². The van der Waals surface area contributed by atoms with Crippen LogP contribution in [-0.4, -0.2) is 25.2 Å². The van der Waals surface area contributed by atoms with Crippen LogP contribution in [0.5, 0.6) is 0 Å². The third kappa shape index (κ3) is 8.34. The predicted molar refractivity (Wildman–Crippen MR) is 200 cm³/mol. The molecule has 0 saturated carbocycles. The van der Waals surface area contributed by atoms with Gasteiger partial charge in [0.25, 0.3) is 0 Å². The minimum absolute atomic E-state index is 0.148. The van der Waals surface area contributed by atoms with Crippen LogP contribution in [0.4, 0.5) is 0 Å². The van der Waals surface area contributed by atoms with Gasteiger partial charge in [0.05, 0.1) is 26.1 Å². The van der Waals surface area contributed by atoms with Crippen LogP contribution < -0.4 is 0 Å². The zero-order valence-corrected chi connectivity index (χ0v) is 30.6. The summed E-state index contributed by atoms with van der Waals surface area (Å²) in [7, 11) is 0. The molecule has 4 nitrogen and oxygen atoms in total. The van der Waals surface area contributed by atoms with E-state index in [0.29, 0.717) is 26.1 Å². The molecule has 0 unspecified atom stereocenters. The van der Waals surface area contributed by atoms with Crippen LogP contribution in [0.25, 0.3) is 48.8 Å². The lowest BCUT2D eigenvalue weighted by molar-refractivity contribution is -0.143. The van der Waals surface area contributed by atoms with E-state index in [1.165, 1.54) is 48.8 Å². The van der Waals surface area contributed by atoms with Crippen molar-refractivity contribution in [2.24, 2.45) is 0 Å². The van der Waals surface area contributed by atoms with Crippen molar-refractivity contribution in [2.75, 3.05) is 13.2 Å². The highest BCUT2D eigenvalue weighted by atomic mass is 32.1. The molecule has 0 N–H and O–H groups in total. The first-order valence-corrected chi connectivity index (χ1v) is 20.3. The molecule has 0 fully saturated rings. The van der Waals surface area contributed by atoms with Gasteiger partial charge in [0.1, 0.15) is 0 Å². The van der Waals surface area contributed by atoms with Gasteiger partial charge in [-0.1, -0.05) is 26.7 Å². The zero-order chi connectivity index (χ0) is 31.9. The minimum atomic E-state index is -0.148. The summed E-state index contributed by atoms with van der Waals surface area (Å²) in [5, 5.41) is 0. The van der Waals surface area contributed by atoms with Crippen molar-refractivity contribution in [3.8, 4) is 48.8 Å². The Hall–Kier alpha value is -2.86. The van der Waals surface area contributed by atoms with Crippen molar-refractivity contribution >= 4 is 80.0 Å². The summed E-state index contributed by atoms with van der Waals surface area (Å²) in [6.45, 7) is 5.19. The van der Waals surface area contributed by atoms with E-state index in [2.05, 4.69) is 74.5 Å². The van der Waals surface area contributed by atoms with Crippen molar-refractivity contribution in [3.63, 3.8) is 0 Å². The summed E-state index contributed by atoms with van der Waals surface area (Å²) in [4.78, 5) is 38.7. The normalized spacial score (nSPS) is 11.3. The number of hydrogen-bond acceptors (Lipinski definition) is 10. The second kappa shape index (κ2) is 15.8. The molecular formula is C36H34O4S6. The summed E-state index contributed by atoms with van der Waals surface area (Å²) in [5.41, 5.74) is 0. The number of thiophene rings is 6. The van der Waals surface area contributed by atoms with Crippen molar-refractivity contribution in [1.82, 2.24) is 0 Å². The molecule has 6 aromatic rings. The third-order valence-electron chi connectivity index (χ3n) is 7.12. The number of ether oxygens (including phenoxy) is 2. The lowest BCUT2D eigenvalue weighted by Crippen LogP contribution is -2.07. The van der Waals surface area contributed by atoms with Gasteiger partial charge in [-0.2, -0.15) is 0 Å². The van der Waals surface area contributed by atoms with Gasteiger partial charge in [-0.25, -0.2) is 0 Å². The van der Waals surface area contributed by atoms with Crippen LogP contribution >= 0.6 is 68.0 Å². The second-order valence-electron chi connectivity index (χ2n) is 10.7. The third-order valence-corrected chi connectivity index (χ3v) is 14.6. The maximum absolute atomic E-state index is 12.1. The largest absolute Gasteiger partial charge is 0.465 e. The Morgan fingerprint density at radius 3 is 0.978 bits per heavy atom. The highest BCUT2D eigenvalue weighted by Gasteiger charge is 2.15. The van der Waals surface area contributed by atoms with Gasteiger partial charge in [0.2, 0.25) is 0 Å². The van der Waals surface area contributed by atoms with Crippen LogP contribution in [-0.2, 0) is 31.9 Å². The molecule has 0 spiro atoms. The Morgan fingerprint density at radius 1 is 0.435 bits per heavy atom. The molecule has 0 aliphatic rings. The molecule has 0 radical (unpaired) electrons. The van der Waals surface area contributed by atoms with E-state index in [4.69, 9.17) is 9.47 Å². The molecule has 0 aromatic carbocycles. The van der Waals surface area contributed by atoms with Gasteiger partial charge in [-0.3, -0.25) is 9.59 Å². The van der Waals surface area contributed by atoms with Crippen LogP contribution in [0.3, 0.4) is 0 Å². The number of hydrogen-bond donors (Lipinski definition) is 0. The molecule has 0 amide bonds. The van der Waals surface area contributed by atoms with E-state index >= 15 is 0 Å². The molecule has 0 bridgehead atoms. The lowest BCUT2D eigenvalue weighted by atomic mass is 10.3. The van der Waals surface area contributed by atoms with Crippen LogP contribution in [0.15, 0.2) is 72.8 Å². The number of esters is 2. The molecular weight excluding hydrogens is 689 g/mol. The first-order chi connectivity index (χ1) is 22.5. The second-order valence-corrected chi connectivity index (χ2v) is 17.4.